The van der Waals surface area contributed by atoms with Gasteiger partial charge in [0.05, 0.1) is 29.5 Å². The largest absolute Gasteiger partial charge is 0.487 e. The van der Waals surface area contributed by atoms with E-state index >= 15 is 0 Å². The molecule has 37 heavy (non-hydrogen) atoms. The molecule has 0 unspecified atom stereocenters. The highest BCUT2D eigenvalue weighted by molar-refractivity contribution is 7.09. The van der Waals surface area contributed by atoms with E-state index in [9.17, 15) is 23.2 Å². The predicted octanol–water partition coefficient (Wildman–Crippen LogP) is 6.04. The maximum absolute atomic E-state index is 13.5. The summed E-state index contributed by atoms with van der Waals surface area (Å²) in [6.07, 6.45) is -0.910. The van der Waals surface area contributed by atoms with Crippen LogP contribution in [0.15, 0.2) is 34.5 Å². The maximum atomic E-state index is 13.5. The van der Waals surface area contributed by atoms with Crippen LogP contribution in [0.1, 0.15) is 75.2 Å². The lowest BCUT2D eigenvalue weighted by Crippen LogP contribution is -2.27. The molecule has 0 bridgehead atoms. The van der Waals surface area contributed by atoms with Crippen LogP contribution in [0.25, 0.3) is 0 Å². The Morgan fingerprint density at radius 2 is 1.92 bits per heavy atom. The Labute approximate surface area is 218 Å². The highest BCUT2D eigenvalue weighted by atomic mass is 32.1. The standard InChI is InChI=1S/C26H34F3N3O4S/c1-24(2,3)20(31-34)15-36-19-10-9-16(26(27,28)29)12-18(19)22(33)30-23-32(13-17-8-7-11-35-17)14-21(37-23)25(4,5)6/h9-10,12,14,17,34H,7-8,11,13,15H2,1-6H3/b30-23?,31-20+/t17-/m1/s1. The van der Waals surface area contributed by atoms with Gasteiger partial charge in [-0.2, -0.15) is 18.2 Å². The Kier molecular flexibility index (Phi) is 8.58. The molecule has 1 aromatic carbocycles. The molecule has 1 aliphatic heterocycles. The van der Waals surface area contributed by atoms with Crippen molar-refractivity contribution in [2.75, 3.05) is 13.2 Å². The fraction of sp³-hybridized carbons (Fsp3) is 0.577. The fourth-order valence-corrected chi connectivity index (χ4v) is 4.70. The first-order chi connectivity index (χ1) is 17.1. The van der Waals surface area contributed by atoms with E-state index in [2.05, 4.69) is 10.1 Å². The molecule has 1 atom stereocenters. The number of hydrogen-bond acceptors (Lipinski definition) is 6. The van der Waals surface area contributed by atoms with Gasteiger partial charge in [0.1, 0.15) is 12.4 Å². The van der Waals surface area contributed by atoms with Crippen LogP contribution < -0.4 is 9.54 Å². The number of alkyl halides is 3. The molecule has 1 saturated heterocycles. The van der Waals surface area contributed by atoms with Crippen molar-refractivity contribution in [1.29, 1.82) is 0 Å². The minimum atomic E-state index is -4.65. The molecule has 1 aromatic heterocycles. The number of carbonyl (C=O) groups excluding carboxylic acids is 1. The zero-order valence-electron chi connectivity index (χ0n) is 22.0. The van der Waals surface area contributed by atoms with Crippen molar-refractivity contribution in [3.05, 3.63) is 45.2 Å². The molecule has 1 aliphatic rings. The number of amides is 1. The summed E-state index contributed by atoms with van der Waals surface area (Å²) >= 11 is 1.32. The van der Waals surface area contributed by atoms with E-state index < -0.39 is 23.1 Å². The average molecular weight is 542 g/mol. The van der Waals surface area contributed by atoms with Crippen molar-refractivity contribution in [2.24, 2.45) is 15.6 Å². The Morgan fingerprint density at radius 3 is 2.46 bits per heavy atom. The summed E-state index contributed by atoms with van der Waals surface area (Å²) in [5.41, 5.74) is -1.81. The minimum absolute atomic E-state index is 0.0162. The first kappa shape index (κ1) is 28.9. The number of nitrogens with zero attached hydrogens (tertiary/aromatic N) is 3. The molecule has 0 aliphatic carbocycles. The number of rotatable bonds is 6. The molecule has 7 nitrogen and oxygen atoms in total. The number of thiazole rings is 1. The number of hydrogen-bond donors (Lipinski definition) is 1. The van der Waals surface area contributed by atoms with E-state index in [1.807, 2.05) is 31.5 Å². The van der Waals surface area contributed by atoms with Gasteiger partial charge in [0.15, 0.2) is 4.80 Å². The van der Waals surface area contributed by atoms with E-state index in [-0.39, 0.29) is 35.2 Å². The smallest absolute Gasteiger partial charge is 0.416 e. The average Bonchev–Trinajstić information content (AvgIpc) is 3.43. The summed E-state index contributed by atoms with van der Waals surface area (Å²) < 4.78 is 53.7. The molecular formula is C26H34F3N3O4S. The molecule has 1 N–H and O–H groups in total. The summed E-state index contributed by atoms with van der Waals surface area (Å²) in [4.78, 5) is 18.9. The van der Waals surface area contributed by atoms with Gasteiger partial charge in [0.25, 0.3) is 5.91 Å². The van der Waals surface area contributed by atoms with E-state index in [4.69, 9.17) is 9.47 Å². The molecule has 1 amide bonds. The Morgan fingerprint density at radius 1 is 1.22 bits per heavy atom. The van der Waals surface area contributed by atoms with E-state index in [1.165, 1.54) is 11.3 Å². The number of halogens is 3. The van der Waals surface area contributed by atoms with E-state index in [0.29, 0.717) is 18.0 Å². The van der Waals surface area contributed by atoms with Gasteiger partial charge in [0.2, 0.25) is 0 Å². The van der Waals surface area contributed by atoms with Crippen LogP contribution in [0.4, 0.5) is 13.2 Å². The number of benzene rings is 1. The molecule has 0 radical (unpaired) electrons. The normalized spacial score (nSPS) is 17.9. The number of carbonyl (C=O) groups is 1. The van der Waals surface area contributed by atoms with Crippen LogP contribution >= 0.6 is 11.3 Å². The molecule has 204 valence electrons. The van der Waals surface area contributed by atoms with Gasteiger partial charge in [-0.3, -0.25) is 4.79 Å². The second-order valence-corrected chi connectivity index (χ2v) is 12.1. The minimum Gasteiger partial charge on any atom is -0.487 e. The number of oxime groups is 1. The van der Waals surface area contributed by atoms with Gasteiger partial charge < -0.3 is 19.2 Å². The molecule has 3 rings (SSSR count). The zero-order valence-corrected chi connectivity index (χ0v) is 22.8. The van der Waals surface area contributed by atoms with Gasteiger partial charge in [-0.15, -0.1) is 11.3 Å². The Bertz CT molecular complexity index is 1210. The van der Waals surface area contributed by atoms with Gasteiger partial charge in [-0.1, -0.05) is 46.7 Å². The first-order valence-electron chi connectivity index (χ1n) is 12.1. The van der Waals surface area contributed by atoms with Crippen LogP contribution in [-0.2, 0) is 22.9 Å². The summed E-state index contributed by atoms with van der Waals surface area (Å²) in [5, 5.41) is 12.6. The van der Waals surface area contributed by atoms with Crippen molar-refractivity contribution in [1.82, 2.24) is 4.57 Å². The maximum Gasteiger partial charge on any atom is 0.416 e. The number of ether oxygens (including phenoxy) is 2. The Balaban J connectivity index is 2.05. The van der Waals surface area contributed by atoms with Crippen molar-refractivity contribution in [3.63, 3.8) is 0 Å². The number of aromatic nitrogens is 1. The lowest BCUT2D eigenvalue weighted by Gasteiger charge is -2.20. The van der Waals surface area contributed by atoms with Gasteiger partial charge in [-0.25, -0.2) is 0 Å². The van der Waals surface area contributed by atoms with E-state index in [0.717, 1.165) is 35.9 Å². The third-order valence-electron chi connectivity index (χ3n) is 5.97. The lowest BCUT2D eigenvalue weighted by molar-refractivity contribution is -0.137. The SMILES string of the molecule is CC(C)(C)/C(COc1ccc(C(F)(F)F)cc1C(=O)N=c1sc(C(C)(C)C)cn1C[C@H]1CCCO1)=N/O. The van der Waals surface area contributed by atoms with Crippen molar-refractivity contribution < 1.29 is 32.6 Å². The second kappa shape index (κ2) is 11.0. The van der Waals surface area contributed by atoms with Gasteiger partial charge in [-0.05, 0) is 36.5 Å². The molecule has 0 spiro atoms. The third kappa shape index (κ3) is 7.44. The quantitative estimate of drug-likeness (QED) is 0.274. The van der Waals surface area contributed by atoms with Crippen LogP contribution in [-0.4, -0.2) is 40.7 Å². The van der Waals surface area contributed by atoms with E-state index in [1.54, 1.807) is 20.8 Å². The van der Waals surface area contributed by atoms with Crippen LogP contribution in [0.2, 0.25) is 0 Å². The topological polar surface area (TPSA) is 85.4 Å². The summed E-state index contributed by atoms with van der Waals surface area (Å²) in [6, 6.07) is 2.69. The van der Waals surface area contributed by atoms with Gasteiger partial charge >= 0.3 is 6.18 Å². The fourth-order valence-electron chi connectivity index (χ4n) is 3.64. The first-order valence-corrected chi connectivity index (χ1v) is 12.9. The molecule has 1 fully saturated rings. The lowest BCUT2D eigenvalue weighted by atomic mass is 9.90. The van der Waals surface area contributed by atoms with Crippen LogP contribution in [0.3, 0.4) is 0 Å². The third-order valence-corrected chi connectivity index (χ3v) is 7.41. The monoisotopic (exact) mass is 541 g/mol. The van der Waals surface area contributed by atoms with Crippen molar-refractivity contribution >= 4 is 23.0 Å². The summed E-state index contributed by atoms with van der Waals surface area (Å²) in [5.74, 6) is -0.937. The van der Waals surface area contributed by atoms with Crippen LogP contribution in [0.5, 0.6) is 5.75 Å². The molecule has 2 heterocycles. The van der Waals surface area contributed by atoms with Crippen LogP contribution in [0, 0.1) is 5.41 Å². The summed E-state index contributed by atoms with van der Waals surface area (Å²) in [7, 11) is 0. The summed E-state index contributed by atoms with van der Waals surface area (Å²) in [6.45, 7) is 12.5. The highest BCUT2D eigenvalue weighted by Crippen LogP contribution is 2.33. The van der Waals surface area contributed by atoms with Crippen molar-refractivity contribution in [2.45, 2.75) is 78.6 Å². The zero-order chi connectivity index (χ0) is 27.6. The molecule has 0 saturated carbocycles. The predicted molar refractivity (Wildman–Crippen MR) is 135 cm³/mol. The molecule has 11 heteroatoms. The van der Waals surface area contributed by atoms with Gasteiger partial charge in [0, 0.05) is 23.1 Å². The van der Waals surface area contributed by atoms with Crippen molar-refractivity contribution in [3.8, 4) is 5.75 Å². The Hall–Kier alpha value is -2.66. The second-order valence-electron chi connectivity index (χ2n) is 11.1. The molecular weight excluding hydrogens is 507 g/mol. The molecule has 2 aromatic rings. The highest BCUT2D eigenvalue weighted by Gasteiger charge is 2.32.